The van der Waals surface area contributed by atoms with Gasteiger partial charge >= 0.3 is 0 Å². The van der Waals surface area contributed by atoms with Crippen molar-refractivity contribution < 1.29 is 64.6 Å². The molecule has 0 unspecified atom stereocenters. The number of Topliss-reactive ketones (excluding diaryl/α,β-unsaturated/α-hetero) is 1. The highest BCUT2D eigenvalue weighted by Crippen LogP contribution is 2.68. The highest BCUT2D eigenvalue weighted by molar-refractivity contribution is 5.80. The van der Waals surface area contributed by atoms with E-state index < -0.39 is 85.6 Å². The smallest absolute Gasteiger partial charge is 0.187 e. The number of allylic oxidation sites excluding steroid dienone is 1. The lowest BCUT2D eigenvalue weighted by molar-refractivity contribution is -0.363. The quantitative estimate of drug-likeness (QED) is 0.159. The van der Waals surface area contributed by atoms with Gasteiger partial charge in [0.1, 0.15) is 54.6 Å². The molecule has 46 heavy (non-hydrogen) atoms. The Morgan fingerprint density at radius 2 is 1.48 bits per heavy atom. The number of carbonyl (C=O) groups is 1. The molecule has 0 radical (unpaired) electrons. The van der Waals surface area contributed by atoms with Crippen LogP contribution in [0.5, 0.6) is 0 Å². The molecule has 0 spiro atoms. The van der Waals surface area contributed by atoms with E-state index in [4.69, 9.17) is 18.9 Å². The van der Waals surface area contributed by atoms with Crippen LogP contribution in [0.4, 0.5) is 0 Å². The molecule has 2 saturated heterocycles. The molecule has 13 nitrogen and oxygen atoms in total. The van der Waals surface area contributed by atoms with Gasteiger partial charge in [-0.25, -0.2) is 0 Å². The van der Waals surface area contributed by atoms with Crippen LogP contribution in [0.3, 0.4) is 0 Å². The van der Waals surface area contributed by atoms with Crippen LogP contribution in [-0.2, 0) is 23.7 Å². The van der Waals surface area contributed by atoms with Crippen molar-refractivity contribution in [3.8, 4) is 0 Å². The van der Waals surface area contributed by atoms with Crippen molar-refractivity contribution in [1.82, 2.24) is 0 Å². The Labute approximate surface area is 269 Å². The first-order chi connectivity index (χ1) is 21.7. The van der Waals surface area contributed by atoms with Crippen molar-refractivity contribution in [2.45, 2.75) is 145 Å². The number of fused-ring (bicyclic) bond motifs is 5. The van der Waals surface area contributed by atoms with Gasteiger partial charge in [0, 0.05) is 11.3 Å². The van der Waals surface area contributed by atoms with Crippen LogP contribution in [-0.4, -0.2) is 133 Å². The molecule has 2 heterocycles. The summed E-state index contributed by atoms with van der Waals surface area (Å²) < 4.78 is 23.1. The van der Waals surface area contributed by atoms with Crippen LogP contribution in [0.2, 0.25) is 0 Å². The summed E-state index contributed by atoms with van der Waals surface area (Å²) >= 11 is 0. The maximum Gasteiger partial charge on any atom is 0.187 e. The second-order valence-corrected chi connectivity index (χ2v) is 15.2. The van der Waals surface area contributed by atoms with Crippen molar-refractivity contribution in [3.63, 3.8) is 0 Å². The van der Waals surface area contributed by atoms with Gasteiger partial charge in [-0.3, -0.25) is 4.79 Å². The molecule has 17 atom stereocenters. The SMILES string of the molecule is CC(=O)[C@H]1CC[C@]2(O)[C@@H]3CC=C4C[C@@H](O[C@@H]5O[C@H](CO)[C@@H](O[C@@H]6O[C@H](CO)[C@@H](O)[C@H](O)[C@H]6O)[C@H](O)[C@H]5O)CC[C@]4(C)[C@H]3CC[C@]12C. The average molecular weight is 657 g/mol. The van der Waals surface area contributed by atoms with Gasteiger partial charge in [0.25, 0.3) is 0 Å². The van der Waals surface area contributed by atoms with Crippen molar-refractivity contribution >= 4 is 5.78 Å². The van der Waals surface area contributed by atoms with Crippen LogP contribution < -0.4 is 0 Å². The lowest BCUT2D eigenvalue weighted by atomic mass is 9.45. The van der Waals surface area contributed by atoms with Crippen molar-refractivity contribution in [2.75, 3.05) is 13.2 Å². The minimum absolute atomic E-state index is 0.0754. The molecule has 3 saturated carbocycles. The van der Waals surface area contributed by atoms with E-state index in [-0.39, 0.29) is 35.1 Å². The summed E-state index contributed by atoms with van der Waals surface area (Å²) in [6, 6.07) is 0. The van der Waals surface area contributed by atoms with Gasteiger partial charge in [-0.2, -0.15) is 0 Å². The van der Waals surface area contributed by atoms with Crippen LogP contribution in [0.1, 0.15) is 72.1 Å². The summed E-state index contributed by atoms with van der Waals surface area (Å²) in [7, 11) is 0. The Balaban J connectivity index is 1.12. The standard InChI is InChI=1S/C33H52O13/c1-15(36)18-8-11-33(42)20-5-4-16-12-17(6-9-31(16,2)19(20)7-10-32(18,33)3)43-29-27(41)25(39)28(22(14-35)45-29)46-30-26(40)24(38)23(37)21(13-34)44-30/h4,17-30,34-35,37-42H,5-14H2,1-3H3/t17-,18+,19-,20+,21+,22+,23+,24-,25+,26+,27+,28+,29+,30-,31-,32+,33-/m0/s1. The fourth-order valence-corrected chi connectivity index (χ4v) is 10.2. The first-order valence-corrected chi connectivity index (χ1v) is 16.9. The third kappa shape index (κ3) is 5.34. The summed E-state index contributed by atoms with van der Waals surface area (Å²) in [4.78, 5) is 12.5. The molecule has 0 aromatic carbocycles. The van der Waals surface area contributed by atoms with E-state index in [2.05, 4.69) is 19.9 Å². The Morgan fingerprint density at radius 3 is 2.15 bits per heavy atom. The molecule has 262 valence electrons. The van der Waals surface area contributed by atoms with E-state index in [0.29, 0.717) is 19.3 Å². The molecule has 5 fully saturated rings. The number of ketones is 1. The van der Waals surface area contributed by atoms with E-state index in [0.717, 1.165) is 32.1 Å². The molecule has 0 aromatic heterocycles. The van der Waals surface area contributed by atoms with Crippen LogP contribution in [0.15, 0.2) is 11.6 Å². The monoisotopic (exact) mass is 656 g/mol. The zero-order chi connectivity index (χ0) is 33.3. The summed E-state index contributed by atoms with van der Waals surface area (Å²) in [5.74, 6) is 0.407. The second kappa shape index (κ2) is 12.7. The second-order valence-electron chi connectivity index (χ2n) is 15.2. The maximum atomic E-state index is 12.5. The molecule has 13 heteroatoms. The largest absolute Gasteiger partial charge is 0.394 e. The molecule has 2 aliphatic heterocycles. The number of carbonyl (C=O) groups excluding carboxylic acids is 1. The number of rotatable bonds is 7. The van der Waals surface area contributed by atoms with E-state index in [1.807, 2.05) is 0 Å². The van der Waals surface area contributed by atoms with Gasteiger partial charge in [-0.05, 0) is 75.5 Å². The number of hydrogen-bond donors (Lipinski definition) is 8. The number of hydrogen-bond acceptors (Lipinski definition) is 13. The van der Waals surface area contributed by atoms with Crippen molar-refractivity contribution in [1.29, 1.82) is 0 Å². The average Bonchev–Trinajstić information content (AvgIpc) is 3.32. The van der Waals surface area contributed by atoms with E-state index >= 15 is 0 Å². The molecule has 6 rings (SSSR count). The topological polar surface area (TPSA) is 216 Å². The predicted octanol–water partition coefficient (Wildman–Crippen LogP) is -0.721. The third-order valence-electron chi connectivity index (χ3n) is 13.0. The zero-order valence-corrected chi connectivity index (χ0v) is 26.9. The molecule has 0 amide bonds. The highest BCUT2D eigenvalue weighted by Gasteiger charge is 2.67. The third-order valence-corrected chi connectivity index (χ3v) is 13.0. The summed E-state index contributed by atoms with van der Waals surface area (Å²) in [6.45, 7) is 4.73. The van der Waals surface area contributed by atoms with E-state index in [1.54, 1.807) is 6.92 Å². The van der Waals surface area contributed by atoms with Crippen LogP contribution in [0, 0.1) is 28.6 Å². The van der Waals surface area contributed by atoms with Gasteiger partial charge in [0.05, 0.1) is 24.9 Å². The lowest BCUT2D eigenvalue weighted by Crippen LogP contribution is -2.65. The molecule has 0 aromatic rings. The lowest BCUT2D eigenvalue weighted by Gasteiger charge is -2.61. The zero-order valence-electron chi connectivity index (χ0n) is 26.9. The van der Waals surface area contributed by atoms with Gasteiger partial charge in [0.2, 0.25) is 0 Å². The van der Waals surface area contributed by atoms with Crippen molar-refractivity contribution in [3.05, 3.63) is 11.6 Å². The molecular formula is C33H52O13. The minimum atomic E-state index is -1.74. The first-order valence-electron chi connectivity index (χ1n) is 16.9. The molecule has 8 N–H and O–H groups in total. The van der Waals surface area contributed by atoms with Crippen LogP contribution in [0.25, 0.3) is 0 Å². The summed E-state index contributed by atoms with van der Waals surface area (Å²) in [5.41, 5.74) is -0.191. The van der Waals surface area contributed by atoms with Gasteiger partial charge < -0.3 is 59.8 Å². The maximum absolute atomic E-state index is 12.5. The van der Waals surface area contributed by atoms with Gasteiger partial charge in [-0.1, -0.05) is 25.5 Å². The van der Waals surface area contributed by atoms with Gasteiger partial charge in [0.15, 0.2) is 12.6 Å². The fraction of sp³-hybridized carbons (Fsp3) is 0.909. The molecule has 0 bridgehead atoms. The number of aliphatic hydroxyl groups is 8. The molecule has 4 aliphatic carbocycles. The Morgan fingerprint density at radius 1 is 0.826 bits per heavy atom. The summed E-state index contributed by atoms with van der Waals surface area (Å²) in [5, 5.41) is 84.3. The summed E-state index contributed by atoms with van der Waals surface area (Å²) in [6.07, 6.45) is -7.18. The van der Waals surface area contributed by atoms with E-state index in [9.17, 15) is 45.6 Å². The Bertz CT molecular complexity index is 1160. The normalized spacial score (nSPS) is 53.9. The number of aliphatic hydroxyl groups excluding tert-OH is 7. The highest BCUT2D eigenvalue weighted by atomic mass is 16.7. The van der Waals surface area contributed by atoms with E-state index in [1.165, 1.54) is 5.57 Å². The number of ether oxygens (including phenoxy) is 4. The van der Waals surface area contributed by atoms with Crippen molar-refractivity contribution in [2.24, 2.45) is 28.6 Å². The van der Waals surface area contributed by atoms with Crippen LogP contribution >= 0.6 is 0 Å². The first kappa shape index (κ1) is 34.8. The Kier molecular flexibility index (Phi) is 9.58. The van der Waals surface area contributed by atoms with Gasteiger partial charge in [-0.15, -0.1) is 0 Å². The Hall–Kier alpha value is -1.07. The molecular weight excluding hydrogens is 604 g/mol. The fourth-order valence-electron chi connectivity index (χ4n) is 10.2. The predicted molar refractivity (Wildman–Crippen MR) is 159 cm³/mol. The molecule has 6 aliphatic rings. The minimum Gasteiger partial charge on any atom is -0.394 e.